The number of hydrogen-bond acceptors (Lipinski definition) is 7. The molecule has 3 aromatic heterocycles. The molecule has 33 heavy (non-hydrogen) atoms. The molecule has 4 aromatic rings. The van der Waals surface area contributed by atoms with Gasteiger partial charge in [-0.25, -0.2) is 4.98 Å². The molecule has 2 unspecified atom stereocenters. The van der Waals surface area contributed by atoms with Gasteiger partial charge < -0.3 is 13.9 Å². The summed E-state index contributed by atoms with van der Waals surface area (Å²) in [5.74, 6) is 3.25. The van der Waals surface area contributed by atoms with Gasteiger partial charge in [-0.05, 0) is 49.9 Å². The third-order valence-corrected chi connectivity index (χ3v) is 8.28. The predicted octanol–water partition coefficient (Wildman–Crippen LogP) is 3.84. The van der Waals surface area contributed by atoms with Gasteiger partial charge in [0, 0.05) is 43.7 Å². The molecule has 10 heteroatoms. The summed E-state index contributed by atoms with van der Waals surface area (Å²) in [6, 6.07) is 6.92. The molecular weight excluding hydrogens is 458 g/mol. The summed E-state index contributed by atoms with van der Waals surface area (Å²) in [6.07, 6.45) is 5.90. The molecule has 2 aliphatic rings. The molecule has 1 aromatic carbocycles. The molecule has 174 valence electrons. The highest BCUT2D eigenvalue weighted by molar-refractivity contribution is 7.99. The minimum atomic E-state index is 0. The van der Waals surface area contributed by atoms with E-state index in [9.17, 15) is 0 Å². The highest BCUT2D eigenvalue weighted by Crippen LogP contribution is 2.59. The monoisotopic (exact) mass is 485 g/mol. The second kappa shape index (κ2) is 8.45. The van der Waals surface area contributed by atoms with Crippen LogP contribution in [0.25, 0.3) is 22.5 Å². The van der Waals surface area contributed by atoms with E-state index in [-0.39, 0.29) is 12.4 Å². The van der Waals surface area contributed by atoms with E-state index in [1.165, 1.54) is 42.4 Å². The van der Waals surface area contributed by atoms with Crippen molar-refractivity contribution < 1.29 is 4.42 Å². The van der Waals surface area contributed by atoms with Gasteiger partial charge in [0.2, 0.25) is 5.82 Å². The van der Waals surface area contributed by atoms with Crippen LogP contribution < -0.4 is 0 Å². The summed E-state index contributed by atoms with van der Waals surface area (Å²) in [5, 5.41) is 15.2. The van der Waals surface area contributed by atoms with Gasteiger partial charge in [0.05, 0.1) is 17.4 Å². The molecule has 4 heterocycles. The van der Waals surface area contributed by atoms with Gasteiger partial charge in [0.1, 0.15) is 0 Å². The predicted molar refractivity (Wildman–Crippen MR) is 131 cm³/mol. The van der Waals surface area contributed by atoms with E-state index < -0.39 is 0 Å². The maximum atomic E-state index is 5.47. The van der Waals surface area contributed by atoms with Crippen LogP contribution in [0.2, 0.25) is 0 Å². The number of benzene rings is 1. The van der Waals surface area contributed by atoms with Gasteiger partial charge >= 0.3 is 0 Å². The van der Waals surface area contributed by atoms with Gasteiger partial charge in [0.15, 0.2) is 17.3 Å². The van der Waals surface area contributed by atoms with E-state index >= 15 is 0 Å². The number of halogens is 1. The van der Waals surface area contributed by atoms with Crippen LogP contribution in [0.5, 0.6) is 0 Å². The average Bonchev–Trinajstić information content (AvgIpc) is 3.21. The topological polar surface area (TPSA) is 77.8 Å². The first-order valence-electron chi connectivity index (χ1n) is 11.1. The number of piperidine rings is 1. The number of aryl methyl sites for hydroxylation is 2. The lowest BCUT2D eigenvalue weighted by atomic mass is 9.94. The molecular formula is C23H28ClN7OS. The number of oxazole rings is 1. The Morgan fingerprint density at radius 2 is 2.12 bits per heavy atom. The van der Waals surface area contributed by atoms with E-state index in [2.05, 4.69) is 43.4 Å². The normalized spacial score (nSPS) is 22.0. The first-order valence-corrected chi connectivity index (χ1v) is 12.1. The molecule has 0 bridgehead atoms. The Hall–Kier alpha value is -2.36. The van der Waals surface area contributed by atoms with E-state index in [1.54, 1.807) is 11.8 Å². The van der Waals surface area contributed by atoms with Gasteiger partial charge in [-0.1, -0.05) is 17.8 Å². The molecule has 0 N–H and O–H groups in total. The van der Waals surface area contributed by atoms with Crippen molar-refractivity contribution in [2.75, 3.05) is 25.4 Å². The van der Waals surface area contributed by atoms with Crippen LogP contribution in [0.1, 0.15) is 24.1 Å². The number of fused-ring (bicyclic) bond motifs is 2. The smallest absolute Gasteiger partial charge is 0.202 e. The largest absolute Gasteiger partial charge is 0.440 e. The molecule has 2 fully saturated rings. The molecule has 0 amide bonds. The van der Waals surface area contributed by atoms with Crippen molar-refractivity contribution in [1.29, 1.82) is 0 Å². The zero-order chi connectivity index (χ0) is 21.9. The number of likely N-dealkylation sites (tertiary alicyclic amines) is 1. The molecule has 1 saturated carbocycles. The molecule has 2 atom stereocenters. The molecule has 1 aliphatic heterocycles. The average molecular weight is 486 g/mol. The van der Waals surface area contributed by atoms with Crippen LogP contribution in [0.3, 0.4) is 0 Å². The van der Waals surface area contributed by atoms with E-state index in [4.69, 9.17) is 4.42 Å². The highest BCUT2D eigenvalue weighted by Gasteiger charge is 2.60. The molecule has 0 radical (unpaired) electrons. The lowest BCUT2D eigenvalue weighted by Gasteiger charge is -2.21. The van der Waals surface area contributed by atoms with Gasteiger partial charge in [-0.2, -0.15) is 5.10 Å². The summed E-state index contributed by atoms with van der Waals surface area (Å²) >= 11 is 1.76. The van der Waals surface area contributed by atoms with Crippen molar-refractivity contribution in [2.45, 2.75) is 30.3 Å². The Kier molecular flexibility index (Phi) is 5.74. The van der Waals surface area contributed by atoms with E-state index in [1.807, 2.05) is 36.5 Å². The van der Waals surface area contributed by atoms with Gasteiger partial charge in [-0.15, -0.1) is 22.6 Å². The Morgan fingerprint density at radius 3 is 2.94 bits per heavy atom. The van der Waals surface area contributed by atoms with Gasteiger partial charge in [-0.3, -0.25) is 4.68 Å². The zero-order valence-corrected chi connectivity index (χ0v) is 20.7. The number of nitrogens with zero attached hydrogens (tertiary/aromatic N) is 7. The highest BCUT2D eigenvalue weighted by atomic mass is 35.5. The van der Waals surface area contributed by atoms with E-state index in [0.717, 1.165) is 41.3 Å². The first kappa shape index (κ1) is 22.4. The zero-order valence-electron chi connectivity index (χ0n) is 19.1. The number of hydrogen-bond donors (Lipinski definition) is 0. The SMILES string of the molecule is Cc1ncoc1-c1nnc(SCCCN2CC3CC3(c3ccc4c(cnn4C)c3)C2)n1C.Cl. The first-order chi connectivity index (χ1) is 15.5. The fourth-order valence-electron chi connectivity index (χ4n) is 5.28. The molecule has 6 rings (SSSR count). The van der Waals surface area contributed by atoms with E-state index in [0.29, 0.717) is 11.2 Å². The third kappa shape index (κ3) is 3.76. The number of aromatic nitrogens is 6. The van der Waals surface area contributed by atoms with Crippen LogP contribution in [0.4, 0.5) is 0 Å². The summed E-state index contributed by atoms with van der Waals surface area (Å²) in [6.45, 7) is 5.44. The maximum absolute atomic E-state index is 5.47. The van der Waals surface area contributed by atoms with Crippen molar-refractivity contribution in [3.05, 3.63) is 42.0 Å². The van der Waals surface area contributed by atoms with Crippen LogP contribution >= 0.6 is 24.2 Å². The second-order valence-corrected chi connectivity index (χ2v) is 10.2. The lowest BCUT2D eigenvalue weighted by Crippen LogP contribution is -2.27. The molecule has 1 aliphatic carbocycles. The molecule has 8 nitrogen and oxygen atoms in total. The number of thioether (sulfide) groups is 1. The summed E-state index contributed by atoms with van der Waals surface area (Å²) in [5.41, 5.74) is 3.90. The lowest BCUT2D eigenvalue weighted by molar-refractivity contribution is 0.299. The van der Waals surface area contributed by atoms with Crippen molar-refractivity contribution >= 4 is 35.1 Å². The fraction of sp³-hybridized carbons (Fsp3) is 0.478. The minimum absolute atomic E-state index is 0. The van der Waals surface area contributed by atoms with Crippen molar-refractivity contribution in [1.82, 2.24) is 34.4 Å². The quantitative estimate of drug-likeness (QED) is 0.290. The third-order valence-electron chi connectivity index (χ3n) is 7.17. The molecule has 0 spiro atoms. The summed E-state index contributed by atoms with van der Waals surface area (Å²) < 4.78 is 9.41. The number of rotatable bonds is 7. The summed E-state index contributed by atoms with van der Waals surface area (Å²) in [7, 11) is 3.99. The Bertz CT molecular complexity index is 1300. The minimum Gasteiger partial charge on any atom is -0.440 e. The summed E-state index contributed by atoms with van der Waals surface area (Å²) in [4.78, 5) is 6.79. The fourth-order valence-corrected chi connectivity index (χ4v) is 6.12. The Balaban J connectivity index is 0.00000228. The van der Waals surface area contributed by atoms with Crippen molar-refractivity contribution in [3.63, 3.8) is 0 Å². The van der Waals surface area contributed by atoms with Crippen LogP contribution in [-0.2, 0) is 19.5 Å². The Labute approximate surface area is 203 Å². The van der Waals surface area contributed by atoms with Gasteiger partial charge in [0.25, 0.3) is 0 Å². The Morgan fingerprint density at radius 1 is 1.24 bits per heavy atom. The maximum Gasteiger partial charge on any atom is 0.202 e. The second-order valence-electron chi connectivity index (χ2n) is 9.17. The van der Waals surface area contributed by atoms with Crippen molar-refractivity contribution in [2.24, 2.45) is 20.0 Å². The van der Waals surface area contributed by atoms with Crippen LogP contribution in [0.15, 0.2) is 40.4 Å². The molecule has 1 saturated heterocycles. The standard InChI is InChI=1S/C23H27N7OS.ClH/c1-15-20(31-14-24-15)21-26-27-22(28(21)2)32-8-4-7-30-12-18-10-23(18,13-30)17-5-6-19-16(9-17)11-25-29(19)3;/h5-6,9,11,14,18H,4,7-8,10,12-13H2,1-3H3;1H. The van der Waals surface area contributed by atoms with Crippen LogP contribution in [-0.4, -0.2) is 59.8 Å². The van der Waals surface area contributed by atoms with Crippen LogP contribution in [0, 0.1) is 12.8 Å². The van der Waals surface area contributed by atoms with Crippen molar-refractivity contribution in [3.8, 4) is 11.6 Å².